The zero-order valence-corrected chi connectivity index (χ0v) is 28.2. The van der Waals surface area contributed by atoms with Gasteiger partial charge in [0.2, 0.25) is 5.91 Å². The van der Waals surface area contributed by atoms with Gasteiger partial charge in [-0.05, 0) is 100 Å². The SMILES string of the molecule is CC.CC(=O)N1CCC(N(C)CC2CCN(C(=O)N(C)C(C)c3cc(C)cc(S)c3)C(Cc3ccccc3C)C2)CC1. The molecule has 4 rings (SSSR count). The quantitative estimate of drug-likeness (QED) is 0.351. The molecule has 2 aliphatic heterocycles. The van der Waals surface area contributed by atoms with Crippen LogP contribution >= 0.6 is 12.6 Å². The number of rotatable bonds is 7. The Kier molecular flexibility index (Phi) is 12.8. The molecule has 0 aliphatic carbocycles. The molecule has 7 heteroatoms. The lowest BCUT2D eigenvalue weighted by molar-refractivity contribution is -0.130. The Morgan fingerprint density at radius 2 is 1.67 bits per heavy atom. The number of thiol groups is 1. The van der Waals surface area contributed by atoms with E-state index in [9.17, 15) is 9.59 Å². The fraction of sp³-hybridized carbons (Fsp3) is 0.600. The van der Waals surface area contributed by atoms with E-state index in [4.69, 9.17) is 0 Å². The zero-order chi connectivity index (χ0) is 31.0. The van der Waals surface area contributed by atoms with Crippen LogP contribution in [0, 0.1) is 19.8 Å². The van der Waals surface area contributed by atoms with Crippen molar-refractivity contribution in [1.82, 2.24) is 19.6 Å². The molecule has 2 saturated heterocycles. The summed E-state index contributed by atoms with van der Waals surface area (Å²) in [5.41, 5.74) is 4.88. The van der Waals surface area contributed by atoms with Gasteiger partial charge in [-0.15, -0.1) is 12.6 Å². The van der Waals surface area contributed by atoms with Crippen LogP contribution in [0.4, 0.5) is 4.79 Å². The molecular formula is C35H54N4O2S. The molecular weight excluding hydrogens is 540 g/mol. The van der Waals surface area contributed by atoms with E-state index in [-0.39, 0.29) is 24.0 Å². The largest absolute Gasteiger partial charge is 0.343 e. The minimum absolute atomic E-state index is 0.0397. The fourth-order valence-corrected chi connectivity index (χ4v) is 6.99. The second kappa shape index (κ2) is 15.8. The maximum Gasteiger partial charge on any atom is 0.320 e. The van der Waals surface area contributed by atoms with E-state index in [0.717, 1.165) is 74.3 Å². The third-order valence-electron chi connectivity index (χ3n) is 9.32. The van der Waals surface area contributed by atoms with Crippen molar-refractivity contribution in [2.75, 3.05) is 40.3 Å². The van der Waals surface area contributed by atoms with Gasteiger partial charge in [-0.25, -0.2) is 4.79 Å². The lowest BCUT2D eigenvalue weighted by Gasteiger charge is -2.44. The van der Waals surface area contributed by atoms with E-state index in [0.29, 0.717) is 12.0 Å². The van der Waals surface area contributed by atoms with Gasteiger partial charge in [0.1, 0.15) is 0 Å². The summed E-state index contributed by atoms with van der Waals surface area (Å²) in [6, 6.07) is 15.6. The molecule has 0 aromatic heterocycles. The summed E-state index contributed by atoms with van der Waals surface area (Å²) in [4.78, 5) is 35.2. The number of piperidine rings is 2. The van der Waals surface area contributed by atoms with Gasteiger partial charge in [-0.2, -0.15) is 0 Å². The summed E-state index contributed by atoms with van der Waals surface area (Å²) in [7, 11) is 4.18. The Labute approximate surface area is 260 Å². The first kappa shape index (κ1) is 34.0. The third kappa shape index (κ3) is 8.76. The van der Waals surface area contributed by atoms with E-state index in [2.05, 4.69) is 86.6 Å². The number of amides is 3. The van der Waals surface area contributed by atoms with E-state index in [1.54, 1.807) is 6.92 Å². The molecule has 0 saturated carbocycles. The number of hydrogen-bond acceptors (Lipinski definition) is 4. The van der Waals surface area contributed by atoms with Crippen LogP contribution in [0.1, 0.15) is 81.7 Å². The first-order valence-corrected chi connectivity index (χ1v) is 16.3. The normalized spacial score (nSPS) is 20.1. The molecule has 2 aromatic rings. The number of benzene rings is 2. The van der Waals surface area contributed by atoms with Crippen molar-refractivity contribution in [2.24, 2.45) is 5.92 Å². The second-order valence-corrected chi connectivity index (χ2v) is 12.7. The summed E-state index contributed by atoms with van der Waals surface area (Å²) < 4.78 is 0. The fourth-order valence-electron chi connectivity index (χ4n) is 6.64. The van der Waals surface area contributed by atoms with Gasteiger partial charge in [0.15, 0.2) is 0 Å². The minimum atomic E-state index is -0.0397. The van der Waals surface area contributed by atoms with Crippen LogP contribution in [0.3, 0.4) is 0 Å². The Hall–Kier alpha value is -2.51. The number of nitrogens with zero attached hydrogens (tertiary/aromatic N) is 4. The van der Waals surface area contributed by atoms with Crippen LogP contribution in [-0.4, -0.2) is 83.9 Å². The average molecular weight is 595 g/mol. The summed E-state index contributed by atoms with van der Waals surface area (Å²) >= 11 is 4.57. The number of hydrogen-bond donors (Lipinski definition) is 1. The molecule has 232 valence electrons. The highest BCUT2D eigenvalue weighted by Crippen LogP contribution is 2.31. The molecule has 3 unspecified atom stereocenters. The average Bonchev–Trinajstić information content (AvgIpc) is 2.98. The predicted molar refractivity (Wildman–Crippen MR) is 177 cm³/mol. The van der Waals surface area contributed by atoms with Gasteiger partial charge in [0.25, 0.3) is 0 Å². The number of carbonyl (C=O) groups is 2. The molecule has 3 atom stereocenters. The van der Waals surface area contributed by atoms with Crippen LogP contribution < -0.4 is 0 Å². The van der Waals surface area contributed by atoms with E-state index < -0.39 is 0 Å². The van der Waals surface area contributed by atoms with Gasteiger partial charge < -0.3 is 19.6 Å². The highest BCUT2D eigenvalue weighted by molar-refractivity contribution is 7.80. The first-order chi connectivity index (χ1) is 20.0. The van der Waals surface area contributed by atoms with Crippen molar-refractivity contribution in [3.63, 3.8) is 0 Å². The topological polar surface area (TPSA) is 47.1 Å². The molecule has 6 nitrogen and oxygen atoms in total. The molecule has 0 N–H and O–H groups in total. The standard InChI is InChI=1S/C33H48N4O2S.C2H6/c1-23-17-29(21-32(40)18-23)25(3)35(6)33(39)37-16-11-27(19-31(37)20-28-10-8-7-9-24(28)2)22-34(5)30-12-14-36(15-13-30)26(4)38;1-2/h7-10,17-18,21,25,27,30-31,40H,11-16,19-20,22H2,1-6H3;1-2H3. The highest BCUT2D eigenvalue weighted by atomic mass is 32.1. The number of likely N-dealkylation sites (tertiary alicyclic amines) is 2. The van der Waals surface area contributed by atoms with Gasteiger partial charge in [0.05, 0.1) is 6.04 Å². The van der Waals surface area contributed by atoms with Gasteiger partial charge >= 0.3 is 6.03 Å². The van der Waals surface area contributed by atoms with Crippen molar-refractivity contribution in [2.45, 2.75) is 96.7 Å². The molecule has 0 spiro atoms. The Balaban J connectivity index is 0.00000237. The Morgan fingerprint density at radius 3 is 2.29 bits per heavy atom. The predicted octanol–water partition coefficient (Wildman–Crippen LogP) is 7.00. The van der Waals surface area contributed by atoms with Gasteiger partial charge in [0, 0.05) is 57.1 Å². The molecule has 3 amide bonds. The first-order valence-electron chi connectivity index (χ1n) is 15.9. The number of aryl methyl sites for hydroxylation is 2. The minimum Gasteiger partial charge on any atom is -0.343 e. The Bertz CT molecular complexity index is 1160. The highest BCUT2D eigenvalue weighted by Gasteiger charge is 2.36. The molecule has 2 aromatic carbocycles. The zero-order valence-electron chi connectivity index (χ0n) is 27.3. The third-order valence-corrected chi connectivity index (χ3v) is 9.57. The van der Waals surface area contributed by atoms with Crippen molar-refractivity contribution in [3.8, 4) is 0 Å². The van der Waals surface area contributed by atoms with Gasteiger partial charge in [-0.1, -0.05) is 44.2 Å². The van der Waals surface area contributed by atoms with Crippen molar-refractivity contribution in [3.05, 3.63) is 64.7 Å². The molecule has 42 heavy (non-hydrogen) atoms. The number of urea groups is 1. The van der Waals surface area contributed by atoms with Crippen LogP contribution in [0.2, 0.25) is 0 Å². The van der Waals surface area contributed by atoms with Gasteiger partial charge in [-0.3, -0.25) is 4.79 Å². The smallest absolute Gasteiger partial charge is 0.320 e. The monoisotopic (exact) mass is 594 g/mol. The van der Waals surface area contributed by atoms with Crippen molar-refractivity contribution in [1.29, 1.82) is 0 Å². The van der Waals surface area contributed by atoms with Crippen LogP contribution in [0.5, 0.6) is 0 Å². The van der Waals surface area contributed by atoms with Crippen molar-refractivity contribution < 1.29 is 9.59 Å². The Morgan fingerprint density at radius 1 is 1.00 bits per heavy atom. The molecule has 2 heterocycles. The maximum absolute atomic E-state index is 14.0. The summed E-state index contributed by atoms with van der Waals surface area (Å²) in [5.74, 6) is 0.727. The number of carbonyl (C=O) groups excluding carboxylic acids is 2. The molecule has 2 aliphatic rings. The summed E-state index contributed by atoms with van der Waals surface area (Å²) in [6.45, 7) is 15.5. The van der Waals surface area contributed by atoms with E-state index >= 15 is 0 Å². The van der Waals surface area contributed by atoms with E-state index in [1.807, 2.05) is 36.8 Å². The maximum atomic E-state index is 14.0. The van der Waals surface area contributed by atoms with Crippen molar-refractivity contribution >= 4 is 24.6 Å². The lowest BCUT2D eigenvalue weighted by atomic mass is 9.86. The molecule has 0 bridgehead atoms. The summed E-state index contributed by atoms with van der Waals surface area (Å²) in [6.07, 6.45) is 4.97. The molecule has 2 fully saturated rings. The van der Waals surface area contributed by atoms with Crippen LogP contribution in [-0.2, 0) is 11.2 Å². The second-order valence-electron chi connectivity index (χ2n) is 12.2. The summed E-state index contributed by atoms with van der Waals surface area (Å²) in [5, 5.41) is 0. The van der Waals surface area contributed by atoms with E-state index in [1.165, 1.54) is 11.1 Å². The van der Waals surface area contributed by atoms with Crippen LogP contribution in [0.15, 0.2) is 47.4 Å². The lowest BCUT2D eigenvalue weighted by Crippen LogP contribution is -2.53. The molecule has 0 radical (unpaired) electrons. The van der Waals surface area contributed by atoms with Crippen LogP contribution in [0.25, 0.3) is 0 Å².